The van der Waals surface area contributed by atoms with Gasteiger partial charge >= 0.3 is 0 Å². The predicted octanol–water partition coefficient (Wildman–Crippen LogP) is 3.10. The number of carbonyl (C=O) groups is 1. The molecule has 1 rings (SSSR count). The summed E-state index contributed by atoms with van der Waals surface area (Å²) in [6.07, 6.45) is 9.36. The third kappa shape index (κ3) is 1.96. The van der Waals surface area contributed by atoms with E-state index in [2.05, 4.69) is 19.9 Å². The molecule has 0 spiro atoms. The molecular formula is C11H18O. The Morgan fingerprint density at radius 3 is 2.25 bits per heavy atom. The molecule has 1 heteroatoms. The highest BCUT2D eigenvalue weighted by atomic mass is 16.1. The molecule has 0 radical (unpaired) electrons. The summed E-state index contributed by atoms with van der Waals surface area (Å²) in [4.78, 5) is 11.1. The van der Waals surface area contributed by atoms with Gasteiger partial charge in [0, 0.05) is 6.42 Å². The van der Waals surface area contributed by atoms with Crippen LogP contribution in [0.2, 0.25) is 0 Å². The minimum Gasteiger partial charge on any atom is -0.295 e. The molecule has 0 saturated heterocycles. The molecule has 1 aliphatic rings. The molecule has 0 unspecified atom stereocenters. The van der Waals surface area contributed by atoms with Gasteiger partial charge in [0.2, 0.25) is 0 Å². The molecule has 1 nitrogen and oxygen atoms in total. The summed E-state index contributed by atoms with van der Waals surface area (Å²) in [5.41, 5.74) is 0.237. The van der Waals surface area contributed by atoms with E-state index < -0.39 is 0 Å². The van der Waals surface area contributed by atoms with Gasteiger partial charge in [-0.3, -0.25) is 4.79 Å². The molecule has 0 saturated carbocycles. The molecular weight excluding hydrogens is 148 g/mol. The van der Waals surface area contributed by atoms with E-state index >= 15 is 0 Å². The van der Waals surface area contributed by atoms with Gasteiger partial charge in [-0.05, 0) is 24.3 Å². The van der Waals surface area contributed by atoms with Crippen molar-refractivity contribution in [2.24, 2.45) is 5.41 Å². The smallest absolute Gasteiger partial charge is 0.156 e. The van der Waals surface area contributed by atoms with E-state index in [9.17, 15) is 4.79 Å². The van der Waals surface area contributed by atoms with Gasteiger partial charge in [0.15, 0.2) is 5.78 Å². The molecule has 0 amide bonds. The molecule has 12 heavy (non-hydrogen) atoms. The monoisotopic (exact) mass is 166 g/mol. The van der Waals surface area contributed by atoms with Crippen LogP contribution in [-0.2, 0) is 4.79 Å². The first-order chi connectivity index (χ1) is 5.72. The Balaban J connectivity index is 2.61. The zero-order valence-corrected chi connectivity index (χ0v) is 8.10. The lowest BCUT2D eigenvalue weighted by molar-refractivity contribution is -0.115. The van der Waals surface area contributed by atoms with E-state index in [4.69, 9.17) is 0 Å². The standard InChI is InChI=1S/C11H18O/c1-3-6-11(7-4-2)8-5-10(12)9-11/h5,8H,3-4,6-7,9H2,1-2H3. The quantitative estimate of drug-likeness (QED) is 0.627. The van der Waals surface area contributed by atoms with Gasteiger partial charge in [-0.15, -0.1) is 0 Å². The predicted molar refractivity (Wildman–Crippen MR) is 51.0 cm³/mol. The van der Waals surface area contributed by atoms with Gasteiger partial charge in [-0.25, -0.2) is 0 Å². The largest absolute Gasteiger partial charge is 0.295 e. The Bertz CT molecular complexity index is 185. The van der Waals surface area contributed by atoms with Crippen LogP contribution in [-0.4, -0.2) is 5.78 Å². The Morgan fingerprint density at radius 2 is 1.92 bits per heavy atom. The van der Waals surface area contributed by atoms with E-state index in [-0.39, 0.29) is 5.41 Å². The van der Waals surface area contributed by atoms with Crippen molar-refractivity contribution in [2.75, 3.05) is 0 Å². The summed E-state index contributed by atoms with van der Waals surface area (Å²) < 4.78 is 0. The van der Waals surface area contributed by atoms with Crippen molar-refractivity contribution in [3.63, 3.8) is 0 Å². The number of hydrogen-bond donors (Lipinski definition) is 0. The van der Waals surface area contributed by atoms with Crippen molar-refractivity contribution in [1.29, 1.82) is 0 Å². The Labute approximate surface area is 74.9 Å². The maximum atomic E-state index is 11.1. The van der Waals surface area contributed by atoms with Crippen LogP contribution in [0.4, 0.5) is 0 Å². The summed E-state index contributed by atoms with van der Waals surface area (Å²) in [5, 5.41) is 0. The van der Waals surface area contributed by atoms with E-state index in [0.717, 1.165) is 6.42 Å². The van der Waals surface area contributed by atoms with Gasteiger partial charge in [0.1, 0.15) is 0 Å². The first-order valence-electron chi connectivity index (χ1n) is 4.94. The van der Waals surface area contributed by atoms with E-state index in [1.165, 1.54) is 25.7 Å². The van der Waals surface area contributed by atoms with Crippen LogP contribution >= 0.6 is 0 Å². The number of rotatable bonds is 4. The van der Waals surface area contributed by atoms with E-state index in [0.29, 0.717) is 5.78 Å². The highest BCUT2D eigenvalue weighted by Gasteiger charge is 2.31. The first-order valence-corrected chi connectivity index (χ1v) is 4.94. The molecule has 0 aliphatic heterocycles. The van der Waals surface area contributed by atoms with Crippen molar-refractivity contribution in [1.82, 2.24) is 0 Å². The molecule has 1 aliphatic carbocycles. The second-order valence-corrected chi connectivity index (χ2v) is 3.84. The molecule has 0 aromatic heterocycles. The lowest BCUT2D eigenvalue weighted by atomic mass is 9.79. The Morgan fingerprint density at radius 1 is 1.33 bits per heavy atom. The molecule has 0 heterocycles. The van der Waals surface area contributed by atoms with Crippen LogP contribution in [0.3, 0.4) is 0 Å². The first kappa shape index (κ1) is 9.50. The lowest BCUT2D eigenvalue weighted by Gasteiger charge is -2.25. The fourth-order valence-electron chi connectivity index (χ4n) is 2.20. The molecule has 68 valence electrons. The normalized spacial score (nSPS) is 20.3. The average molecular weight is 166 g/mol. The van der Waals surface area contributed by atoms with Gasteiger partial charge < -0.3 is 0 Å². The molecule has 0 fully saturated rings. The van der Waals surface area contributed by atoms with Crippen molar-refractivity contribution in [2.45, 2.75) is 46.0 Å². The maximum Gasteiger partial charge on any atom is 0.156 e. The number of ketones is 1. The topological polar surface area (TPSA) is 17.1 Å². The summed E-state index contributed by atoms with van der Waals surface area (Å²) >= 11 is 0. The van der Waals surface area contributed by atoms with Crippen LogP contribution in [0.15, 0.2) is 12.2 Å². The number of hydrogen-bond acceptors (Lipinski definition) is 1. The molecule has 0 bridgehead atoms. The van der Waals surface area contributed by atoms with Gasteiger partial charge in [0.25, 0.3) is 0 Å². The Hall–Kier alpha value is -0.590. The van der Waals surface area contributed by atoms with Gasteiger partial charge in [-0.2, -0.15) is 0 Å². The summed E-state index contributed by atoms with van der Waals surface area (Å²) in [6, 6.07) is 0. The van der Waals surface area contributed by atoms with Gasteiger partial charge in [0.05, 0.1) is 0 Å². The minimum atomic E-state index is 0.237. The zero-order chi connectivity index (χ0) is 9.03. The van der Waals surface area contributed by atoms with Crippen LogP contribution < -0.4 is 0 Å². The van der Waals surface area contributed by atoms with Gasteiger partial charge in [-0.1, -0.05) is 32.8 Å². The van der Waals surface area contributed by atoms with Crippen LogP contribution in [0.25, 0.3) is 0 Å². The zero-order valence-electron chi connectivity index (χ0n) is 8.10. The average Bonchev–Trinajstić information content (AvgIpc) is 2.34. The maximum absolute atomic E-state index is 11.1. The highest BCUT2D eigenvalue weighted by molar-refractivity contribution is 5.93. The third-order valence-corrected chi connectivity index (χ3v) is 2.64. The lowest BCUT2D eigenvalue weighted by Crippen LogP contribution is -2.16. The minimum absolute atomic E-state index is 0.237. The van der Waals surface area contributed by atoms with E-state index in [1.807, 2.05) is 0 Å². The summed E-state index contributed by atoms with van der Waals surface area (Å²) in [5.74, 6) is 0.317. The Kier molecular flexibility index (Phi) is 3.07. The van der Waals surface area contributed by atoms with E-state index in [1.54, 1.807) is 6.08 Å². The van der Waals surface area contributed by atoms with Crippen LogP contribution in [0.1, 0.15) is 46.0 Å². The summed E-state index contributed by atoms with van der Waals surface area (Å²) in [7, 11) is 0. The third-order valence-electron chi connectivity index (χ3n) is 2.64. The van der Waals surface area contributed by atoms with Crippen molar-refractivity contribution in [3.8, 4) is 0 Å². The van der Waals surface area contributed by atoms with Crippen LogP contribution in [0, 0.1) is 5.41 Å². The second kappa shape index (κ2) is 3.88. The fourth-order valence-corrected chi connectivity index (χ4v) is 2.20. The number of allylic oxidation sites excluding steroid dienone is 2. The van der Waals surface area contributed by atoms with Crippen molar-refractivity contribution in [3.05, 3.63) is 12.2 Å². The molecule has 0 atom stereocenters. The summed E-state index contributed by atoms with van der Waals surface area (Å²) in [6.45, 7) is 4.38. The molecule has 0 aromatic carbocycles. The number of carbonyl (C=O) groups excluding carboxylic acids is 1. The van der Waals surface area contributed by atoms with Crippen molar-refractivity contribution < 1.29 is 4.79 Å². The van der Waals surface area contributed by atoms with Crippen molar-refractivity contribution >= 4 is 5.78 Å². The SMILES string of the molecule is CCCC1(CCC)C=CC(=O)C1. The molecule has 0 N–H and O–H groups in total. The molecule has 0 aromatic rings. The fraction of sp³-hybridized carbons (Fsp3) is 0.727. The van der Waals surface area contributed by atoms with Crippen LogP contribution in [0.5, 0.6) is 0 Å². The second-order valence-electron chi connectivity index (χ2n) is 3.84. The highest BCUT2D eigenvalue weighted by Crippen LogP contribution is 2.39.